The summed E-state index contributed by atoms with van der Waals surface area (Å²) < 4.78 is 22.1. The summed E-state index contributed by atoms with van der Waals surface area (Å²) in [6, 6.07) is 16.4. The molecule has 0 radical (unpaired) electrons. The van der Waals surface area contributed by atoms with E-state index >= 15 is 0 Å². The van der Waals surface area contributed by atoms with Crippen LogP contribution in [0.3, 0.4) is 0 Å². The summed E-state index contributed by atoms with van der Waals surface area (Å²) in [7, 11) is 1.78. The minimum Gasteiger partial charge on any atom is -0.465 e. The summed E-state index contributed by atoms with van der Waals surface area (Å²) in [6.45, 7) is 0.172. The Balaban J connectivity index is 1.53. The maximum atomic E-state index is 13.4. The summed E-state index contributed by atoms with van der Waals surface area (Å²) in [5, 5.41) is 17.0. The normalized spacial score (nSPS) is 11.1. The lowest BCUT2D eigenvalue weighted by atomic mass is 10.2. The highest BCUT2D eigenvalue weighted by atomic mass is 19.1. The Hall–Kier alpha value is -4.73. The zero-order valence-corrected chi connectivity index (χ0v) is 17.9. The van der Waals surface area contributed by atoms with Gasteiger partial charge in [-0.1, -0.05) is 18.2 Å². The molecule has 0 unspecified atom stereocenters. The van der Waals surface area contributed by atoms with Gasteiger partial charge >= 0.3 is 6.09 Å². The lowest BCUT2D eigenvalue weighted by Crippen LogP contribution is -2.24. The molecular formula is C24H18FN5O4. The van der Waals surface area contributed by atoms with Crippen LogP contribution in [0.4, 0.5) is 14.9 Å². The molecule has 5 rings (SSSR count). The van der Waals surface area contributed by atoms with E-state index < -0.39 is 12.0 Å². The average molecular weight is 459 g/mol. The van der Waals surface area contributed by atoms with Crippen molar-refractivity contribution in [2.24, 2.45) is 7.05 Å². The van der Waals surface area contributed by atoms with Crippen molar-refractivity contribution in [3.63, 3.8) is 0 Å². The number of rotatable bonds is 5. The van der Waals surface area contributed by atoms with Crippen LogP contribution in [0.2, 0.25) is 0 Å². The molecule has 0 bridgehead atoms. The van der Waals surface area contributed by atoms with E-state index in [0.717, 1.165) is 16.5 Å². The van der Waals surface area contributed by atoms with Gasteiger partial charge in [0.15, 0.2) is 0 Å². The van der Waals surface area contributed by atoms with Crippen molar-refractivity contribution in [2.75, 3.05) is 5.32 Å². The fourth-order valence-electron chi connectivity index (χ4n) is 3.92. The minimum absolute atomic E-state index is 0.127. The average Bonchev–Trinajstić information content (AvgIpc) is 3.08. The molecule has 0 aliphatic heterocycles. The van der Waals surface area contributed by atoms with Gasteiger partial charge in [-0.3, -0.25) is 10.1 Å². The first-order chi connectivity index (χ1) is 16.4. The number of carbonyl (C=O) groups is 1. The number of halogens is 1. The van der Waals surface area contributed by atoms with Gasteiger partial charge < -0.3 is 14.4 Å². The molecule has 170 valence electrons. The zero-order chi connectivity index (χ0) is 23.8. The molecular weight excluding hydrogens is 441 g/mol. The Labute approximate surface area is 191 Å². The molecule has 5 aromatic rings. The second kappa shape index (κ2) is 8.32. The number of carboxylic acid groups (broad SMARTS) is 1. The molecule has 2 aromatic carbocycles. The lowest BCUT2D eigenvalue weighted by molar-refractivity contribution is 0.209. The van der Waals surface area contributed by atoms with E-state index in [1.807, 2.05) is 6.07 Å². The molecule has 0 saturated heterocycles. The van der Waals surface area contributed by atoms with Crippen molar-refractivity contribution in [1.82, 2.24) is 19.3 Å². The fraction of sp³-hybridized carbons (Fsp3) is 0.0833. The SMILES string of the molecule is Cn1c2cc(Oc3cccc(F)n3)ccc2c2cnn(Cc3cccc(NC(=O)O)c3)c(=O)c21. The quantitative estimate of drug-likeness (QED) is 0.378. The Morgan fingerprint density at radius 2 is 1.94 bits per heavy atom. The number of nitrogens with one attached hydrogen (secondary N) is 1. The third kappa shape index (κ3) is 3.92. The predicted molar refractivity (Wildman–Crippen MR) is 124 cm³/mol. The van der Waals surface area contributed by atoms with E-state index in [0.29, 0.717) is 22.3 Å². The van der Waals surface area contributed by atoms with Gasteiger partial charge in [-0.25, -0.2) is 9.48 Å². The van der Waals surface area contributed by atoms with E-state index in [1.165, 1.54) is 16.8 Å². The van der Waals surface area contributed by atoms with Gasteiger partial charge in [-0.2, -0.15) is 14.5 Å². The number of hydrogen-bond donors (Lipinski definition) is 2. The van der Waals surface area contributed by atoms with Gasteiger partial charge in [0.25, 0.3) is 5.56 Å². The first kappa shape index (κ1) is 21.1. The van der Waals surface area contributed by atoms with Crippen LogP contribution in [0, 0.1) is 5.95 Å². The number of nitrogens with zero attached hydrogens (tertiary/aromatic N) is 4. The number of aromatic nitrogens is 4. The first-order valence-electron chi connectivity index (χ1n) is 10.3. The standard InChI is InChI=1S/C24H18FN5O4/c1-29-19-11-16(34-21-7-3-6-20(25)28-21)8-9-17(19)18-12-26-30(23(31)22(18)29)13-14-4-2-5-15(10-14)27-24(32)33/h2-12,27H,13H2,1H3,(H,32,33). The topological polar surface area (TPSA) is 111 Å². The van der Waals surface area contributed by atoms with Gasteiger partial charge in [-0.05, 0) is 35.9 Å². The highest BCUT2D eigenvalue weighted by Crippen LogP contribution is 2.30. The highest BCUT2D eigenvalue weighted by molar-refractivity contribution is 6.07. The molecule has 3 heterocycles. The second-order valence-electron chi connectivity index (χ2n) is 7.64. The van der Waals surface area contributed by atoms with Crippen LogP contribution < -0.4 is 15.6 Å². The molecule has 0 fully saturated rings. The van der Waals surface area contributed by atoms with Crippen molar-refractivity contribution in [3.8, 4) is 11.6 Å². The van der Waals surface area contributed by atoms with E-state index in [9.17, 15) is 14.0 Å². The van der Waals surface area contributed by atoms with Crippen LogP contribution in [0.15, 0.2) is 71.7 Å². The second-order valence-corrected chi connectivity index (χ2v) is 7.64. The smallest absolute Gasteiger partial charge is 0.409 e. The molecule has 0 aliphatic carbocycles. The monoisotopic (exact) mass is 459 g/mol. The molecule has 2 N–H and O–H groups in total. The molecule has 0 spiro atoms. The number of anilines is 1. The number of aryl methyl sites for hydroxylation is 1. The minimum atomic E-state index is -1.17. The van der Waals surface area contributed by atoms with E-state index in [2.05, 4.69) is 15.4 Å². The lowest BCUT2D eigenvalue weighted by Gasteiger charge is -2.07. The fourth-order valence-corrected chi connectivity index (χ4v) is 3.92. The van der Waals surface area contributed by atoms with E-state index in [4.69, 9.17) is 9.84 Å². The van der Waals surface area contributed by atoms with Crippen molar-refractivity contribution in [2.45, 2.75) is 6.54 Å². The first-order valence-corrected chi connectivity index (χ1v) is 10.3. The number of ether oxygens (including phenoxy) is 1. The van der Waals surface area contributed by atoms with Crippen molar-refractivity contribution >= 4 is 33.6 Å². The van der Waals surface area contributed by atoms with Gasteiger partial charge in [0.2, 0.25) is 11.8 Å². The number of benzene rings is 2. The maximum absolute atomic E-state index is 13.4. The highest BCUT2D eigenvalue weighted by Gasteiger charge is 2.15. The van der Waals surface area contributed by atoms with Crippen LogP contribution in [0.5, 0.6) is 11.6 Å². The van der Waals surface area contributed by atoms with Crippen LogP contribution in [-0.4, -0.2) is 30.5 Å². The summed E-state index contributed by atoms with van der Waals surface area (Å²) >= 11 is 0. The van der Waals surface area contributed by atoms with Gasteiger partial charge in [0, 0.05) is 35.6 Å². The molecule has 9 nitrogen and oxygen atoms in total. The summed E-state index contributed by atoms with van der Waals surface area (Å²) in [5.74, 6) is -0.0617. The Bertz CT molecular complexity index is 1630. The molecule has 0 saturated carbocycles. The predicted octanol–water partition coefficient (Wildman–Crippen LogP) is 4.35. The van der Waals surface area contributed by atoms with Gasteiger partial charge in [0.05, 0.1) is 18.3 Å². The molecule has 1 amide bonds. The summed E-state index contributed by atoms with van der Waals surface area (Å²) in [6.07, 6.45) is 0.466. The molecule has 10 heteroatoms. The molecule has 3 aromatic heterocycles. The Morgan fingerprint density at radius 1 is 1.12 bits per heavy atom. The van der Waals surface area contributed by atoms with Crippen molar-refractivity contribution < 1.29 is 19.0 Å². The summed E-state index contributed by atoms with van der Waals surface area (Å²) in [4.78, 5) is 27.9. The largest absolute Gasteiger partial charge is 0.465 e. The third-order valence-corrected chi connectivity index (χ3v) is 5.40. The van der Waals surface area contributed by atoms with E-state index in [-0.39, 0.29) is 18.0 Å². The Kier molecular flexibility index (Phi) is 5.17. The number of pyridine rings is 1. The van der Waals surface area contributed by atoms with E-state index in [1.54, 1.807) is 60.3 Å². The van der Waals surface area contributed by atoms with Crippen LogP contribution in [0.25, 0.3) is 21.8 Å². The zero-order valence-electron chi connectivity index (χ0n) is 17.9. The number of amides is 1. The van der Waals surface area contributed by atoms with Crippen molar-refractivity contribution in [1.29, 1.82) is 0 Å². The molecule has 0 atom stereocenters. The molecule has 0 aliphatic rings. The van der Waals surface area contributed by atoms with Gasteiger partial charge in [-0.15, -0.1) is 0 Å². The maximum Gasteiger partial charge on any atom is 0.409 e. The van der Waals surface area contributed by atoms with Crippen molar-refractivity contribution in [3.05, 3.63) is 88.7 Å². The third-order valence-electron chi connectivity index (χ3n) is 5.40. The van der Waals surface area contributed by atoms with Gasteiger partial charge in [0.1, 0.15) is 11.3 Å². The molecule has 34 heavy (non-hydrogen) atoms. The van der Waals surface area contributed by atoms with Crippen LogP contribution in [-0.2, 0) is 13.6 Å². The van der Waals surface area contributed by atoms with Crippen LogP contribution in [0.1, 0.15) is 5.56 Å². The summed E-state index contributed by atoms with van der Waals surface area (Å²) in [5.41, 5.74) is 2.04. The number of fused-ring (bicyclic) bond motifs is 3. The number of hydrogen-bond acceptors (Lipinski definition) is 5. The van der Waals surface area contributed by atoms with Crippen LogP contribution >= 0.6 is 0 Å². The Morgan fingerprint density at radius 3 is 2.74 bits per heavy atom.